The van der Waals surface area contributed by atoms with E-state index in [0.717, 1.165) is 5.56 Å². The molecule has 0 saturated carbocycles. The summed E-state index contributed by atoms with van der Waals surface area (Å²) < 4.78 is 10.7. The molecule has 30 heavy (non-hydrogen) atoms. The van der Waals surface area contributed by atoms with Gasteiger partial charge in [-0.1, -0.05) is 30.3 Å². The molecule has 3 rings (SSSR count). The molecule has 3 aromatic rings. The Bertz CT molecular complexity index is 970. The first-order valence-electron chi connectivity index (χ1n) is 9.65. The first-order chi connectivity index (χ1) is 14.6. The average molecular weight is 404 g/mol. The van der Waals surface area contributed by atoms with Gasteiger partial charge in [0.05, 0.1) is 6.61 Å². The van der Waals surface area contributed by atoms with E-state index in [1.165, 1.54) is 4.90 Å². The van der Waals surface area contributed by atoms with Gasteiger partial charge in [-0.2, -0.15) is 0 Å². The molecule has 0 bridgehead atoms. The lowest BCUT2D eigenvalue weighted by Gasteiger charge is -2.17. The van der Waals surface area contributed by atoms with Crippen LogP contribution in [0.1, 0.15) is 22.8 Å². The van der Waals surface area contributed by atoms with Crippen LogP contribution in [0.15, 0.2) is 78.9 Å². The second-order valence-electron chi connectivity index (χ2n) is 6.56. The van der Waals surface area contributed by atoms with Crippen LogP contribution in [0.25, 0.3) is 0 Å². The number of rotatable bonds is 7. The molecule has 0 fully saturated rings. The van der Waals surface area contributed by atoms with Crippen molar-refractivity contribution in [3.63, 3.8) is 0 Å². The second-order valence-corrected chi connectivity index (χ2v) is 6.56. The predicted molar refractivity (Wildman–Crippen MR) is 117 cm³/mol. The Balaban J connectivity index is 1.56. The lowest BCUT2D eigenvalue weighted by atomic mass is 10.2. The van der Waals surface area contributed by atoms with Crippen LogP contribution in [0.2, 0.25) is 0 Å². The lowest BCUT2D eigenvalue weighted by Crippen LogP contribution is -2.26. The Morgan fingerprint density at radius 3 is 2.20 bits per heavy atom. The molecule has 0 radical (unpaired) electrons. The summed E-state index contributed by atoms with van der Waals surface area (Å²) in [6.45, 7) is 2.54. The van der Waals surface area contributed by atoms with Gasteiger partial charge in [-0.25, -0.2) is 4.79 Å². The van der Waals surface area contributed by atoms with Crippen molar-refractivity contribution in [2.75, 3.05) is 23.9 Å². The molecule has 0 aliphatic rings. The van der Waals surface area contributed by atoms with Crippen molar-refractivity contribution in [1.82, 2.24) is 0 Å². The fraction of sp³-hybridized carbons (Fsp3) is 0.167. The standard InChI is InChI=1S/C24H24N2O4/c1-3-29-24(28)26(2)21-13-11-20(12-14-21)25-23(27)19-9-15-22(16-10-19)30-17-18-7-5-4-6-8-18/h4-16H,3,17H2,1-2H3,(H,25,27). The molecular formula is C24H24N2O4. The first kappa shape index (κ1) is 20.9. The van der Waals surface area contributed by atoms with Crippen LogP contribution >= 0.6 is 0 Å². The van der Waals surface area contributed by atoms with Gasteiger partial charge >= 0.3 is 6.09 Å². The van der Waals surface area contributed by atoms with Gasteiger partial charge in [0, 0.05) is 24.0 Å². The van der Waals surface area contributed by atoms with Gasteiger partial charge in [0.2, 0.25) is 0 Å². The molecule has 0 atom stereocenters. The summed E-state index contributed by atoms with van der Waals surface area (Å²) in [6, 6.07) is 23.8. The third-order valence-corrected chi connectivity index (χ3v) is 4.42. The van der Waals surface area contributed by atoms with Gasteiger partial charge in [-0.3, -0.25) is 9.69 Å². The average Bonchev–Trinajstić information content (AvgIpc) is 2.79. The van der Waals surface area contributed by atoms with Crippen molar-refractivity contribution in [3.05, 3.63) is 90.0 Å². The summed E-state index contributed by atoms with van der Waals surface area (Å²) in [5.74, 6) is 0.470. The zero-order valence-corrected chi connectivity index (χ0v) is 17.0. The molecule has 3 aromatic carbocycles. The van der Waals surface area contributed by atoms with Crippen molar-refractivity contribution >= 4 is 23.4 Å². The minimum Gasteiger partial charge on any atom is -0.489 e. The second kappa shape index (κ2) is 10.1. The first-order valence-corrected chi connectivity index (χ1v) is 9.65. The van der Waals surface area contributed by atoms with E-state index >= 15 is 0 Å². The Kier molecular flexibility index (Phi) is 7.05. The summed E-state index contributed by atoms with van der Waals surface area (Å²) in [6.07, 6.45) is -0.427. The van der Waals surface area contributed by atoms with E-state index in [1.54, 1.807) is 62.5 Å². The van der Waals surface area contributed by atoms with Gasteiger partial charge in [-0.05, 0) is 61.0 Å². The smallest absolute Gasteiger partial charge is 0.413 e. The fourth-order valence-electron chi connectivity index (χ4n) is 2.74. The number of hydrogen-bond donors (Lipinski definition) is 1. The maximum atomic E-state index is 12.5. The summed E-state index contributed by atoms with van der Waals surface area (Å²) in [7, 11) is 1.63. The third kappa shape index (κ3) is 5.61. The van der Waals surface area contributed by atoms with E-state index in [0.29, 0.717) is 35.9 Å². The largest absolute Gasteiger partial charge is 0.489 e. The van der Waals surface area contributed by atoms with Crippen molar-refractivity contribution in [1.29, 1.82) is 0 Å². The lowest BCUT2D eigenvalue weighted by molar-refractivity contribution is 0.102. The Labute approximate surface area is 176 Å². The number of amides is 2. The van der Waals surface area contributed by atoms with Crippen LogP contribution in [0.3, 0.4) is 0 Å². The molecule has 0 saturated heterocycles. The van der Waals surface area contributed by atoms with Crippen molar-refractivity contribution < 1.29 is 19.1 Å². The molecule has 0 aliphatic carbocycles. The summed E-state index contributed by atoms with van der Waals surface area (Å²) in [5, 5.41) is 2.84. The molecular weight excluding hydrogens is 380 g/mol. The quantitative estimate of drug-likeness (QED) is 0.594. The number of hydrogen-bond acceptors (Lipinski definition) is 4. The molecule has 0 unspecified atom stereocenters. The normalized spacial score (nSPS) is 10.2. The van der Waals surface area contributed by atoms with Gasteiger partial charge in [0.25, 0.3) is 5.91 Å². The number of anilines is 2. The highest BCUT2D eigenvalue weighted by Gasteiger charge is 2.12. The van der Waals surface area contributed by atoms with E-state index in [-0.39, 0.29) is 5.91 Å². The van der Waals surface area contributed by atoms with E-state index in [4.69, 9.17) is 9.47 Å². The van der Waals surface area contributed by atoms with Crippen LogP contribution in [0.4, 0.5) is 16.2 Å². The molecule has 0 aromatic heterocycles. The van der Waals surface area contributed by atoms with Crippen LogP contribution in [0, 0.1) is 0 Å². The van der Waals surface area contributed by atoms with Gasteiger partial charge in [0.1, 0.15) is 12.4 Å². The summed E-state index contributed by atoms with van der Waals surface area (Å²) in [4.78, 5) is 25.7. The Morgan fingerprint density at radius 2 is 1.57 bits per heavy atom. The predicted octanol–water partition coefficient (Wildman–Crippen LogP) is 5.11. The molecule has 6 nitrogen and oxygen atoms in total. The van der Waals surface area contributed by atoms with Crippen LogP contribution in [-0.4, -0.2) is 25.7 Å². The van der Waals surface area contributed by atoms with Crippen LogP contribution < -0.4 is 15.0 Å². The van der Waals surface area contributed by atoms with E-state index in [9.17, 15) is 9.59 Å². The van der Waals surface area contributed by atoms with Crippen LogP contribution in [0.5, 0.6) is 5.75 Å². The van der Waals surface area contributed by atoms with Gasteiger partial charge < -0.3 is 14.8 Å². The number of ether oxygens (including phenoxy) is 2. The van der Waals surface area contributed by atoms with E-state index in [2.05, 4.69) is 5.32 Å². The monoisotopic (exact) mass is 404 g/mol. The topological polar surface area (TPSA) is 67.9 Å². The number of carbonyl (C=O) groups is 2. The molecule has 0 heterocycles. The van der Waals surface area contributed by atoms with Crippen LogP contribution in [-0.2, 0) is 11.3 Å². The van der Waals surface area contributed by atoms with Gasteiger partial charge in [-0.15, -0.1) is 0 Å². The highest BCUT2D eigenvalue weighted by molar-refractivity contribution is 6.04. The van der Waals surface area contributed by atoms with Crippen molar-refractivity contribution in [2.24, 2.45) is 0 Å². The SMILES string of the molecule is CCOC(=O)N(C)c1ccc(NC(=O)c2ccc(OCc3ccccc3)cc2)cc1. The summed E-state index contributed by atoms with van der Waals surface area (Å²) >= 11 is 0. The molecule has 154 valence electrons. The minimum absolute atomic E-state index is 0.226. The molecule has 1 N–H and O–H groups in total. The molecule has 0 aliphatic heterocycles. The Morgan fingerprint density at radius 1 is 0.900 bits per heavy atom. The van der Waals surface area contributed by atoms with E-state index in [1.807, 2.05) is 30.3 Å². The molecule has 0 spiro atoms. The van der Waals surface area contributed by atoms with Crippen molar-refractivity contribution in [2.45, 2.75) is 13.5 Å². The maximum Gasteiger partial charge on any atom is 0.413 e. The number of carbonyl (C=O) groups excluding carboxylic acids is 2. The zero-order chi connectivity index (χ0) is 21.3. The maximum absolute atomic E-state index is 12.5. The fourth-order valence-corrected chi connectivity index (χ4v) is 2.74. The zero-order valence-electron chi connectivity index (χ0n) is 17.0. The summed E-state index contributed by atoms with van der Waals surface area (Å²) in [5.41, 5.74) is 2.91. The highest BCUT2D eigenvalue weighted by atomic mass is 16.6. The molecule has 6 heteroatoms. The van der Waals surface area contributed by atoms with Gasteiger partial charge in [0.15, 0.2) is 0 Å². The number of nitrogens with one attached hydrogen (secondary N) is 1. The highest BCUT2D eigenvalue weighted by Crippen LogP contribution is 2.19. The van der Waals surface area contributed by atoms with Crippen molar-refractivity contribution in [3.8, 4) is 5.75 Å². The number of benzene rings is 3. The van der Waals surface area contributed by atoms with E-state index < -0.39 is 6.09 Å². The molecule has 2 amide bonds. The minimum atomic E-state index is -0.427. The Hall–Kier alpha value is -3.80. The third-order valence-electron chi connectivity index (χ3n) is 4.42. The number of nitrogens with zero attached hydrogens (tertiary/aromatic N) is 1.